The zero-order chi connectivity index (χ0) is 6.85. The van der Waals surface area contributed by atoms with Crippen LogP contribution < -0.4 is 4.74 Å². The van der Waals surface area contributed by atoms with Crippen LogP contribution in [-0.2, 0) is 0 Å². The molecule has 0 aliphatic carbocycles. The van der Waals surface area contributed by atoms with Gasteiger partial charge in [0.2, 0.25) is 0 Å². The van der Waals surface area contributed by atoms with Crippen LogP contribution in [0.1, 0.15) is 5.69 Å². The first-order chi connectivity index (χ1) is 4.25. The number of nitrogens with one attached hydrogen (secondary N) is 1. The highest BCUT2D eigenvalue weighted by Crippen LogP contribution is 2.23. The maximum atomic E-state index is 5.69. The summed E-state index contributed by atoms with van der Waals surface area (Å²) < 4.78 is 4.79. The molecule has 0 amide bonds. The van der Waals surface area contributed by atoms with Crippen LogP contribution in [0.25, 0.3) is 0 Å². The summed E-state index contributed by atoms with van der Waals surface area (Å²) in [5.41, 5.74) is 0.827. The summed E-state index contributed by atoms with van der Waals surface area (Å²) >= 11 is 5.69. The third-order valence-electron chi connectivity index (χ3n) is 1.04. The van der Waals surface area contributed by atoms with Crippen molar-refractivity contribution in [2.45, 2.75) is 6.92 Å². The summed E-state index contributed by atoms with van der Waals surface area (Å²) in [4.78, 5) is 0. The molecule has 0 aliphatic rings. The van der Waals surface area contributed by atoms with Crippen LogP contribution >= 0.6 is 11.6 Å². The standard InChI is InChI=1S/C5H7ClN2O/c1-3-4(6)5(9-2)8-7-3/h1-2H3,(H,7,8). The maximum absolute atomic E-state index is 5.69. The molecule has 0 saturated carbocycles. The number of aromatic amines is 1. The van der Waals surface area contributed by atoms with Crippen molar-refractivity contribution in [3.63, 3.8) is 0 Å². The zero-order valence-corrected chi connectivity index (χ0v) is 5.99. The van der Waals surface area contributed by atoms with Crippen molar-refractivity contribution in [3.8, 4) is 5.88 Å². The van der Waals surface area contributed by atoms with E-state index in [4.69, 9.17) is 16.3 Å². The summed E-state index contributed by atoms with van der Waals surface area (Å²) in [7, 11) is 1.53. The van der Waals surface area contributed by atoms with Gasteiger partial charge in [-0.15, -0.1) is 5.10 Å². The molecular weight excluding hydrogens is 140 g/mol. The van der Waals surface area contributed by atoms with Crippen LogP contribution in [0.5, 0.6) is 5.88 Å². The van der Waals surface area contributed by atoms with Crippen LogP contribution in [0.4, 0.5) is 0 Å². The molecule has 1 aromatic rings. The molecule has 0 aromatic carbocycles. The van der Waals surface area contributed by atoms with E-state index in [0.29, 0.717) is 10.9 Å². The highest BCUT2D eigenvalue weighted by Gasteiger charge is 2.05. The Hall–Kier alpha value is -0.700. The van der Waals surface area contributed by atoms with E-state index < -0.39 is 0 Å². The number of H-pyrrole nitrogens is 1. The average Bonchev–Trinajstić information content (AvgIpc) is 2.15. The lowest BCUT2D eigenvalue weighted by Crippen LogP contribution is -1.81. The van der Waals surface area contributed by atoms with Crippen molar-refractivity contribution in [2.75, 3.05) is 7.11 Å². The maximum Gasteiger partial charge on any atom is 0.251 e. The predicted molar refractivity (Wildman–Crippen MR) is 34.9 cm³/mol. The molecule has 1 N–H and O–H groups in total. The molecule has 0 saturated heterocycles. The van der Waals surface area contributed by atoms with Gasteiger partial charge < -0.3 is 4.74 Å². The Morgan fingerprint density at radius 3 is 2.56 bits per heavy atom. The van der Waals surface area contributed by atoms with Crippen LogP contribution in [0.15, 0.2) is 0 Å². The Morgan fingerprint density at radius 2 is 2.33 bits per heavy atom. The molecule has 0 radical (unpaired) electrons. The molecule has 1 aromatic heterocycles. The van der Waals surface area contributed by atoms with E-state index >= 15 is 0 Å². The smallest absolute Gasteiger partial charge is 0.251 e. The minimum atomic E-state index is 0.453. The van der Waals surface area contributed by atoms with E-state index in [1.54, 1.807) is 0 Å². The molecule has 0 spiro atoms. The number of hydrogen-bond donors (Lipinski definition) is 1. The van der Waals surface area contributed by atoms with E-state index in [1.807, 2.05) is 6.92 Å². The van der Waals surface area contributed by atoms with Gasteiger partial charge in [-0.2, -0.15) is 0 Å². The molecular formula is C5H7ClN2O. The van der Waals surface area contributed by atoms with E-state index in [0.717, 1.165) is 5.69 Å². The Kier molecular flexibility index (Phi) is 1.62. The third kappa shape index (κ3) is 1.00. The quantitative estimate of drug-likeness (QED) is 0.650. The van der Waals surface area contributed by atoms with Crippen LogP contribution in [0.2, 0.25) is 5.02 Å². The number of ether oxygens (including phenoxy) is 1. The monoisotopic (exact) mass is 146 g/mol. The molecule has 1 rings (SSSR count). The van der Waals surface area contributed by atoms with E-state index in [2.05, 4.69) is 10.2 Å². The second-order valence-electron chi connectivity index (χ2n) is 1.67. The summed E-state index contributed by atoms with van der Waals surface area (Å²) in [5, 5.41) is 6.99. The Morgan fingerprint density at radius 1 is 1.67 bits per heavy atom. The average molecular weight is 147 g/mol. The van der Waals surface area contributed by atoms with Gasteiger partial charge in [-0.05, 0) is 6.92 Å². The van der Waals surface area contributed by atoms with Gasteiger partial charge in [0.05, 0.1) is 12.8 Å². The van der Waals surface area contributed by atoms with Crippen molar-refractivity contribution in [1.29, 1.82) is 0 Å². The second-order valence-corrected chi connectivity index (χ2v) is 2.05. The Bertz CT molecular complexity index is 209. The highest BCUT2D eigenvalue weighted by atomic mass is 35.5. The number of methoxy groups -OCH3 is 1. The lowest BCUT2D eigenvalue weighted by atomic mass is 10.5. The lowest BCUT2D eigenvalue weighted by molar-refractivity contribution is 0.397. The molecule has 1 heterocycles. The van der Waals surface area contributed by atoms with Gasteiger partial charge in [-0.25, -0.2) is 0 Å². The van der Waals surface area contributed by atoms with E-state index in [1.165, 1.54) is 7.11 Å². The largest absolute Gasteiger partial charge is 0.479 e. The highest BCUT2D eigenvalue weighted by molar-refractivity contribution is 6.32. The summed E-state index contributed by atoms with van der Waals surface area (Å²) in [6, 6.07) is 0. The van der Waals surface area contributed by atoms with Gasteiger partial charge in [0.1, 0.15) is 5.02 Å². The first-order valence-electron chi connectivity index (χ1n) is 2.50. The fourth-order valence-corrected chi connectivity index (χ4v) is 0.690. The fraction of sp³-hybridized carbons (Fsp3) is 0.400. The Balaban J connectivity index is 3.04. The molecule has 4 heteroatoms. The Labute approximate surface area is 58.0 Å². The number of aryl methyl sites for hydroxylation is 1. The predicted octanol–water partition coefficient (Wildman–Crippen LogP) is 1.38. The SMILES string of the molecule is COc1n[nH]c(C)c1Cl. The van der Waals surface area contributed by atoms with Crippen molar-refractivity contribution in [2.24, 2.45) is 0 Å². The normalized spacial score (nSPS) is 9.67. The molecule has 0 atom stereocenters. The van der Waals surface area contributed by atoms with Crippen LogP contribution in [-0.4, -0.2) is 17.3 Å². The van der Waals surface area contributed by atoms with Gasteiger partial charge in [0.15, 0.2) is 0 Å². The van der Waals surface area contributed by atoms with Crippen LogP contribution in [0, 0.1) is 6.92 Å². The van der Waals surface area contributed by atoms with Crippen molar-refractivity contribution in [3.05, 3.63) is 10.7 Å². The molecule has 0 bridgehead atoms. The number of hydrogen-bond acceptors (Lipinski definition) is 2. The molecule has 3 nitrogen and oxygen atoms in total. The minimum absolute atomic E-state index is 0.453. The summed E-state index contributed by atoms with van der Waals surface area (Å²) in [5.74, 6) is 0.453. The van der Waals surface area contributed by atoms with Gasteiger partial charge in [-0.3, -0.25) is 5.10 Å². The van der Waals surface area contributed by atoms with Gasteiger partial charge in [-0.1, -0.05) is 11.6 Å². The zero-order valence-electron chi connectivity index (χ0n) is 5.23. The number of rotatable bonds is 1. The van der Waals surface area contributed by atoms with Crippen molar-refractivity contribution < 1.29 is 4.74 Å². The topological polar surface area (TPSA) is 37.9 Å². The second kappa shape index (κ2) is 2.27. The first-order valence-corrected chi connectivity index (χ1v) is 2.88. The van der Waals surface area contributed by atoms with E-state index in [-0.39, 0.29) is 0 Å². The molecule has 0 unspecified atom stereocenters. The van der Waals surface area contributed by atoms with E-state index in [9.17, 15) is 0 Å². The summed E-state index contributed by atoms with van der Waals surface area (Å²) in [6.45, 7) is 1.83. The van der Waals surface area contributed by atoms with Gasteiger partial charge in [0.25, 0.3) is 5.88 Å². The molecule has 0 fully saturated rings. The van der Waals surface area contributed by atoms with Crippen molar-refractivity contribution >= 4 is 11.6 Å². The fourth-order valence-electron chi connectivity index (χ4n) is 0.528. The molecule has 50 valence electrons. The number of halogens is 1. The molecule has 9 heavy (non-hydrogen) atoms. The lowest BCUT2D eigenvalue weighted by Gasteiger charge is -1.89. The van der Waals surface area contributed by atoms with Gasteiger partial charge in [0, 0.05) is 0 Å². The van der Waals surface area contributed by atoms with Crippen LogP contribution in [0.3, 0.4) is 0 Å². The van der Waals surface area contributed by atoms with Gasteiger partial charge >= 0.3 is 0 Å². The minimum Gasteiger partial charge on any atom is -0.479 e. The first kappa shape index (κ1) is 6.42. The molecule has 0 aliphatic heterocycles. The third-order valence-corrected chi connectivity index (χ3v) is 1.48. The number of nitrogens with zero attached hydrogens (tertiary/aromatic N) is 1. The summed E-state index contributed by atoms with van der Waals surface area (Å²) in [6.07, 6.45) is 0. The van der Waals surface area contributed by atoms with Crippen molar-refractivity contribution in [1.82, 2.24) is 10.2 Å². The number of aromatic nitrogens is 2.